The number of likely N-dealkylation sites (N-methyl/N-ethyl adjacent to an activating group) is 1. The molecule has 0 atom stereocenters. The van der Waals surface area contributed by atoms with Crippen molar-refractivity contribution in [2.45, 2.75) is 20.3 Å². The summed E-state index contributed by atoms with van der Waals surface area (Å²) in [7, 11) is 0. The minimum atomic E-state index is 0.00806. The number of amides is 1. The Hall–Kier alpha value is -1.75. The Labute approximate surface area is 120 Å². The highest BCUT2D eigenvalue weighted by atomic mass is 16.1. The molecular weight excluding hydrogens is 252 g/mol. The van der Waals surface area contributed by atoms with Gasteiger partial charge in [-0.25, -0.2) is 0 Å². The van der Waals surface area contributed by atoms with Crippen molar-refractivity contribution in [2.24, 2.45) is 0 Å². The predicted octanol–water partition coefficient (Wildman–Crippen LogP) is 1.76. The maximum absolute atomic E-state index is 11.4. The molecule has 5 nitrogen and oxygen atoms in total. The van der Waals surface area contributed by atoms with Crippen LogP contribution in [-0.4, -0.2) is 43.5 Å². The fourth-order valence-electron chi connectivity index (χ4n) is 2.47. The molecule has 5 heteroatoms. The summed E-state index contributed by atoms with van der Waals surface area (Å²) >= 11 is 0. The van der Waals surface area contributed by atoms with Gasteiger partial charge in [0.2, 0.25) is 5.91 Å². The maximum Gasteiger partial charge on any atom is 0.224 e. The molecule has 0 saturated carbocycles. The van der Waals surface area contributed by atoms with Crippen LogP contribution in [0.1, 0.15) is 20.3 Å². The van der Waals surface area contributed by atoms with Crippen molar-refractivity contribution in [3.05, 3.63) is 18.2 Å². The van der Waals surface area contributed by atoms with Gasteiger partial charge in [0.1, 0.15) is 0 Å². The van der Waals surface area contributed by atoms with E-state index in [2.05, 4.69) is 22.0 Å². The standard InChI is InChI=1S/C15H24N4O/c1-3-15(20)17-12-5-6-14(13(16)11-12)19-9-7-18(4-2)8-10-19/h5-6,11H,3-4,7-10,16H2,1-2H3,(H,17,20). The Morgan fingerprint density at radius 2 is 1.95 bits per heavy atom. The molecule has 1 aromatic carbocycles. The summed E-state index contributed by atoms with van der Waals surface area (Å²) in [4.78, 5) is 16.1. The third-order valence-electron chi connectivity index (χ3n) is 3.79. The third kappa shape index (κ3) is 3.42. The summed E-state index contributed by atoms with van der Waals surface area (Å²) in [5, 5.41) is 2.83. The number of hydrogen-bond donors (Lipinski definition) is 2. The number of rotatable bonds is 4. The number of nitrogens with two attached hydrogens (primary N) is 1. The quantitative estimate of drug-likeness (QED) is 0.823. The molecule has 1 amide bonds. The van der Waals surface area contributed by atoms with Crippen LogP contribution in [0.25, 0.3) is 0 Å². The van der Waals surface area contributed by atoms with E-state index in [0.29, 0.717) is 6.42 Å². The predicted molar refractivity (Wildman–Crippen MR) is 84.1 cm³/mol. The number of hydrogen-bond acceptors (Lipinski definition) is 4. The molecule has 0 bridgehead atoms. The Bertz CT molecular complexity index is 467. The first kappa shape index (κ1) is 14.7. The van der Waals surface area contributed by atoms with Crippen LogP contribution < -0.4 is 16.0 Å². The summed E-state index contributed by atoms with van der Waals surface area (Å²) in [6.07, 6.45) is 0.473. The highest BCUT2D eigenvalue weighted by Gasteiger charge is 2.17. The summed E-state index contributed by atoms with van der Waals surface area (Å²) < 4.78 is 0. The van der Waals surface area contributed by atoms with E-state index in [1.54, 1.807) is 0 Å². The summed E-state index contributed by atoms with van der Waals surface area (Å²) in [6, 6.07) is 5.77. The summed E-state index contributed by atoms with van der Waals surface area (Å²) in [5.41, 5.74) is 8.69. The highest BCUT2D eigenvalue weighted by Crippen LogP contribution is 2.27. The van der Waals surface area contributed by atoms with Crippen molar-refractivity contribution >= 4 is 23.0 Å². The lowest BCUT2D eigenvalue weighted by Gasteiger charge is -2.36. The van der Waals surface area contributed by atoms with Crippen LogP contribution in [0.3, 0.4) is 0 Å². The van der Waals surface area contributed by atoms with E-state index >= 15 is 0 Å². The largest absolute Gasteiger partial charge is 0.397 e. The number of carbonyl (C=O) groups is 1. The molecule has 0 aromatic heterocycles. The van der Waals surface area contributed by atoms with Crippen LogP contribution in [0.5, 0.6) is 0 Å². The molecule has 1 saturated heterocycles. The molecule has 0 radical (unpaired) electrons. The minimum absolute atomic E-state index is 0.00806. The molecule has 20 heavy (non-hydrogen) atoms. The number of benzene rings is 1. The van der Waals surface area contributed by atoms with Crippen molar-refractivity contribution in [1.82, 2.24) is 4.90 Å². The van der Waals surface area contributed by atoms with Crippen molar-refractivity contribution in [3.8, 4) is 0 Å². The lowest BCUT2D eigenvalue weighted by Crippen LogP contribution is -2.46. The maximum atomic E-state index is 11.4. The molecule has 110 valence electrons. The number of nitrogen functional groups attached to an aromatic ring is 1. The zero-order chi connectivity index (χ0) is 14.5. The van der Waals surface area contributed by atoms with Gasteiger partial charge in [-0.15, -0.1) is 0 Å². The van der Waals surface area contributed by atoms with Gasteiger partial charge in [0.25, 0.3) is 0 Å². The van der Waals surface area contributed by atoms with Gasteiger partial charge in [0, 0.05) is 38.3 Å². The molecule has 2 rings (SSSR count). The van der Waals surface area contributed by atoms with Crippen molar-refractivity contribution in [3.63, 3.8) is 0 Å². The van der Waals surface area contributed by atoms with E-state index in [1.165, 1.54) is 0 Å². The molecule has 3 N–H and O–H groups in total. The first-order valence-electron chi connectivity index (χ1n) is 7.30. The molecule has 1 aliphatic rings. The molecule has 0 unspecified atom stereocenters. The lowest BCUT2D eigenvalue weighted by molar-refractivity contribution is -0.115. The summed E-state index contributed by atoms with van der Waals surface area (Å²) in [5.74, 6) is 0.00806. The van der Waals surface area contributed by atoms with Crippen LogP contribution in [-0.2, 0) is 4.79 Å². The second-order valence-electron chi connectivity index (χ2n) is 5.10. The number of carbonyl (C=O) groups excluding carboxylic acids is 1. The SMILES string of the molecule is CCC(=O)Nc1ccc(N2CCN(CC)CC2)c(N)c1. The van der Waals surface area contributed by atoms with Gasteiger partial charge < -0.3 is 20.9 Å². The monoisotopic (exact) mass is 276 g/mol. The van der Waals surface area contributed by atoms with Crippen LogP contribution in [0.2, 0.25) is 0 Å². The second kappa shape index (κ2) is 6.61. The Kier molecular flexibility index (Phi) is 4.84. The first-order valence-corrected chi connectivity index (χ1v) is 7.30. The Morgan fingerprint density at radius 3 is 2.50 bits per heavy atom. The fraction of sp³-hybridized carbons (Fsp3) is 0.533. The van der Waals surface area contributed by atoms with Gasteiger partial charge in [-0.2, -0.15) is 0 Å². The van der Waals surface area contributed by atoms with Gasteiger partial charge in [0.05, 0.1) is 11.4 Å². The van der Waals surface area contributed by atoms with Crippen LogP contribution in [0.4, 0.5) is 17.1 Å². The van der Waals surface area contributed by atoms with E-state index in [0.717, 1.165) is 49.8 Å². The smallest absolute Gasteiger partial charge is 0.224 e. The van der Waals surface area contributed by atoms with Crippen LogP contribution in [0.15, 0.2) is 18.2 Å². The second-order valence-corrected chi connectivity index (χ2v) is 5.10. The van der Waals surface area contributed by atoms with E-state index in [1.807, 2.05) is 25.1 Å². The number of anilines is 3. The van der Waals surface area contributed by atoms with Crippen LogP contribution >= 0.6 is 0 Å². The average Bonchev–Trinajstić information content (AvgIpc) is 2.47. The van der Waals surface area contributed by atoms with E-state index in [-0.39, 0.29) is 5.91 Å². The third-order valence-corrected chi connectivity index (χ3v) is 3.79. The Balaban J connectivity index is 2.04. The van der Waals surface area contributed by atoms with E-state index < -0.39 is 0 Å². The number of nitrogens with one attached hydrogen (secondary N) is 1. The number of nitrogens with zero attached hydrogens (tertiary/aromatic N) is 2. The molecular formula is C15H24N4O. The van der Waals surface area contributed by atoms with E-state index in [9.17, 15) is 4.79 Å². The normalized spacial score (nSPS) is 16.2. The molecule has 1 fully saturated rings. The molecule has 0 spiro atoms. The molecule has 0 aliphatic carbocycles. The molecule has 1 aliphatic heterocycles. The minimum Gasteiger partial charge on any atom is -0.397 e. The molecule has 1 heterocycles. The average molecular weight is 276 g/mol. The fourth-order valence-corrected chi connectivity index (χ4v) is 2.47. The lowest BCUT2D eigenvalue weighted by atomic mass is 10.2. The molecule has 1 aromatic rings. The zero-order valence-corrected chi connectivity index (χ0v) is 12.4. The van der Waals surface area contributed by atoms with Crippen molar-refractivity contribution < 1.29 is 4.79 Å². The van der Waals surface area contributed by atoms with Crippen molar-refractivity contribution in [2.75, 3.05) is 48.7 Å². The number of piperazine rings is 1. The van der Waals surface area contributed by atoms with E-state index in [4.69, 9.17) is 5.73 Å². The Morgan fingerprint density at radius 1 is 1.25 bits per heavy atom. The van der Waals surface area contributed by atoms with Crippen molar-refractivity contribution in [1.29, 1.82) is 0 Å². The van der Waals surface area contributed by atoms with Gasteiger partial charge in [-0.3, -0.25) is 4.79 Å². The van der Waals surface area contributed by atoms with Crippen LogP contribution in [0, 0.1) is 0 Å². The topological polar surface area (TPSA) is 61.6 Å². The van der Waals surface area contributed by atoms with Gasteiger partial charge >= 0.3 is 0 Å². The highest BCUT2D eigenvalue weighted by molar-refractivity contribution is 5.91. The first-order chi connectivity index (χ1) is 9.63. The van der Waals surface area contributed by atoms with Gasteiger partial charge in [-0.1, -0.05) is 13.8 Å². The van der Waals surface area contributed by atoms with Gasteiger partial charge in [-0.05, 0) is 24.7 Å². The summed E-state index contributed by atoms with van der Waals surface area (Å²) in [6.45, 7) is 9.27. The van der Waals surface area contributed by atoms with Gasteiger partial charge in [0.15, 0.2) is 0 Å². The zero-order valence-electron chi connectivity index (χ0n) is 12.4.